The van der Waals surface area contributed by atoms with Crippen LogP contribution in [0.4, 0.5) is 11.5 Å². The molecule has 226 valence electrons. The van der Waals surface area contributed by atoms with E-state index in [-0.39, 0.29) is 5.54 Å². The van der Waals surface area contributed by atoms with Gasteiger partial charge in [0.2, 0.25) is 0 Å². The minimum absolute atomic E-state index is 0.160. The number of nitrogens with one attached hydrogen (secondary N) is 1. The fourth-order valence-corrected chi connectivity index (χ4v) is 9.98. The fraction of sp³-hybridized carbons (Fsp3) is 0.600. The van der Waals surface area contributed by atoms with E-state index < -0.39 is 0 Å². The van der Waals surface area contributed by atoms with E-state index >= 15 is 0 Å². The molecule has 0 spiro atoms. The largest absolute Gasteiger partial charge is 0.508 e. The second kappa shape index (κ2) is 9.96. The van der Waals surface area contributed by atoms with Crippen LogP contribution in [0.25, 0.3) is 10.8 Å². The Bertz CT molecular complexity index is 1570. The van der Waals surface area contributed by atoms with Crippen LogP contribution in [0.1, 0.15) is 68.2 Å². The van der Waals surface area contributed by atoms with Crippen LogP contribution in [0.15, 0.2) is 30.3 Å². The summed E-state index contributed by atoms with van der Waals surface area (Å²) < 4.78 is 6.71. The number of fused-ring (bicyclic) bond motifs is 7. The summed E-state index contributed by atoms with van der Waals surface area (Å²) in [5.74, 6) is 2.25. The van der Waals surface area contributed by atoms with Crippen LogP contribution in [-0.2, 0) is 13.0 Å². The summed E-state index contributed by atoms with van der Waals surface area (Å²) in [6.07, 6.45) is 11.3. The third-order valence-electron chi connectivity index (χ3n) is 11.8. The van der Waals surface area contributed by atoms with Crippen molar-refractivity contribution in [1.82, 2.24) is 20.2 Å². The number of hydrogen-bond acceptors (Lipinski definition) is 8. The van der Waals surface area contributed by atoms with Gasteiger partial charge < -0.3 is 25.0 Å². The molecule has 1 aromatic heterocycles. The minimum atomic E-state index is 0.160. The standard InChI is InChI=1S/C35H44N6O2/c1-22-5-2-6-23-15-27(42)16-31(32(22)23)39-14-11-28-29(20-39)37-34(38-33(28)40-18-25-9-10-26(19-40)36-25)43-21-35-12-4-13-41(35)30-8-3-7-24(30)17-35/h2,5-6,15-16,24-26,30,36,42H,3-4,7-14,17-21H2,1H3/t24-,25?,26?,30-,35+/m1/s1. The first-order valence-corrected chi connectivity index (χ1v) is 16.8. The van der Waals surface area contributed by atoms with E-state index in [0.29, 0.717) is 37.0 Å². The van der Waals surface area contributed by atoms with Crippen LogP contribution < -0.4 is 19.9 Å². The summed E-state index contributed by atoms with van der Waals surface area (Å²) in [4.78, 5) is 18.1. The monoisotopic (exact) mass is 580 g/mol. The van der Waals surface area contributed by atoms with Crippen molar-refractivity contribution < 1.29 is 9.84 Å². The number of aryl methyl sites for hydroxylation is 1. The number of hydrogen-bond donors (Lipinski definition) is 2. The molecule has 43 heavy (non-hydrogen) atoms. The normalized spacial score (nSPS) is 31.5. The van der Waals surface area contributed by atoms with Crippen molar-refractivity contribution in [3.8, 4) is 11.8 Å². The van der Waals surface area contributed by atoms with Gasteiger partial charge in [-0.1, -0.05) is 24.6 Å². The number of nitrogens with zero attached hydrogens (tertiary/aromatic N) is 5. The number of rotatable bonds is 5. The lowest BCUT2D eigenvalue weighted by Crippen LogP contribution is -2.52. The smallest absolute Gasteiger partial charge is 0.318 e. The maximum absolute atomic E-state index is 10.7. The van der Waals surface area contributed by atoms with Crippen LogP contribution in [0, 0.1) is 12.8 Å². The predicted molar refractivity (Wildman–Crippen MR) is 169 cm³/mol. The Morgan fingerprint density at radius 1 is 1.02 bits per heavy atom. The molecule has 0 radical (unpaired) electrons. The summed E-state index contributed by atoms with van der Waals surface area (Å²) in [5, 5.41) is 16.7. The molecule has 4 saturated heterocycles. The molecule has 1 aliphatic carbocycles. The molecule has 9 rings (SSSR count). The van der Waals surface area contributed by atoms with Crippen molar-refractivity contribution in [3.63, 3.8) is 0 Å². The molecule has 5 atom stereocenters. The van der Waals surface area contributed by atoms with Crippen LogP contribution in [0.5, 0.6) is 11.8 Å². The number of aromatic nitrogens is 2. The Morgan fingerprint density at radius 3 is 2.79 bits per heavy atom. The van der Waals surface area contributed by atoms with E-state index in [2.05, 4.69) is 45.1 Å². The van der Waals surface area contributed by atoms with Gasteiger partial charge in [0, 0.05) is 60.5 Å². The summed E-state index contributed by atoms with van der Waals surface area (Å²) in [5.41, 5.74) is 4.82. The Labute approximate surface area is 254 Å². The van der Waals surface area contributed by atoms with Gasteiger partial charge in [0.25, 0.3) is 0 Å². The van der Waals surface area contributed by atoms with Crippen LogP contribution in [-0.4, -0.2) is 76.4 Å². The number of ether oxygens (including phenoxy) is 1. The van der Waals surface area contributed by atoms with Crippen molar-refractivity contribution in [3.05, 3.63) is 47.2 Å². The lowest BCUT2D eigenvalue weighted by molar-refractivity contribution is 0.0829. The van der Waals surface area contributed by atoms with Crippen LogP contribution in [0.2, 0.25) is 0 Å². The molecule has 5 fully saturated rings. The molecule has 0 amide bonds. The van der Waals surface area contributed by atoms with E-state index in [1.54, 1.807) is 0 Å². The molecule has 8 heteroatoms. The summed E-state index contributed by atoms with van der Waals surface area (Å²) in [6.45, 7) is 7.64. The topological polar surface area (TPSA) is 77.0 Å². The highest BCUT2D eigenvalue weighted by Crippen LogP contribution is 2.51. The molecular formula is C35H44N6O2. The van der Waals surface area contributed by atoms with E-state index in [1.807, 2.05) is 12.1 Å². The average Bonchev–Trinajstić information content (AvgIpc) is 3.76. The van der Waals surface area contributed by atoms with Crippen LogP contribution in [0.3, 0.4) is 0 Å². The first kappa shape index (κ1) is 26.3. The zero-order chi connectivity index (χ0) is 28.7. The molecular weight excluding hydrogens is 536 g/mol. The van der Waals surface area contributed by atoms with Crippen molar-refractivity contribution in [1.29, 1.82) is 0 Å². The summed E-state index contributed by atoms with van der Waals surface area (Å²) >= 11 is 0. The van der Waals surface area contributed by atoms with Gasteiger partial charge in [-0.05, 0) is 87.8 Å². The number of phenolic OH excluding ortho intramolecular Hbond substituents is 1. The molecule has 2 aromatic carbocycles. The van der Waals surface area contributed by atoms with Crippen molar-refractivity contribution in [2.24, 2.45) is 5.92 Å². The summed E-state index contributed by atoms with van der Waals surface area (Å²) in [7, 11) is 0. The number of phenols is 1. The van der Waals surface area contributed by atoms with Gasteiger partial charge in [0.1, 0.15) is 18.2 Å². The zero-order valence-corrected chi connectivity index (χ0v) is 25.4. The fourth-order valence-electron chi connectivity index (χ4n) is 9.98. The Morgan fingerprint density at radius 2 is 1.91 bits per heavy atom. The number of aromatic hydroxyl groups is 1. The minimum Gasteiger partial charge on any atom is -0.508 e. The maximum Gasteiger partial charge on any atom is 0.318 e. The Hall–Kier alpha value is -3.10. The Balaban J connectivity index is 1.06. The van der Waals surface area contributed by atoms with Gasteiger partial charge >= 0.3 is 6.01 Å². The highest BCUT2D eigenvalue weighted by molar-refractivity contribution is 5.98. The number of anilines is 2. The van der Waals surface area contributed by atoms with E-state index in [0.717, 1.165) is 60.6 Å². The molecule has 6 aliphatic rings. The highest BCUT2D eigenvalue weighted by atomic mass is 16.5. The van der Waals surface area contributed by atoms with Gasteiger partial charge in [-0.25, -0.2) is 0 Å². The zero-order valence-electron chi connectivity index (χ0n) is 25.4. The highest BCUT2D eigenvalue weighted by Gasteiger charge is 2.55. The first-order valence-electron chi connectivity index (χ1n) is 16.8. The second-order valence-corrected chi connectivity index (χ2v) is 14.4. The second-order valence-electron chi connectivity index (χ2n) is 14.4. The lowest BCUT2D eigenvalue weighted by atomic mass is 9.90. The number of benzene rings is 2. The molecule has 6 heterocycles. The van der Waals surface area contributed by atoms with Crippen molar-refractivity contribution >= 4 is 22.3 Å². The third-order valence-corrected chi connectivity index (χ3v) is 11.8. The van der Waals surface area contributed by atoms with Gasteiger partial charge in [-0.15, -0.1) is 0 Å². The quantitative estimate of drug-likeness (QED) is 0.440. The SMILES string of the molecule is Cc1cccc2cc(O)cc(N3CCc4c(nc(OC[C@@]56CCCN5[C@@H]5CCC[C@@H]5C6)nc4N4CC5CCC(C4)N5)C3)c12. The van der Waals surface area contributed by atoms with E-state index in [4.69, 9.17) is 14.7 Å². The first-order chi connectivity index (χ1) is 21.0. The van der Waals surface area contributed by atoms with Gasteiger partial charge in [0.05, 0.1) is 17.8 Å². The summed E-state index contributed by atoms with van der Waals surface area (Å²) in [6, 6.07) is 12.5. The van der Waals surface area contributed by atoms with E-state index in [9.17, 15) is 5.11 Å². The predicted octanol–water partition coefficient (Wildman–Crippen LogP) is 4.93. The average molecular weight is 581 g/mol. The van der Waals surface area contributed by atoms with E-state index in [1.165, 1.54) is 74.4 Å². The van der Waals surface area contributed by atoms with Crippen molar-refractivity contribution in [2.75, 3.05) is 42.6 Å². The molecule has 1 saturated carbocycles. The van der Waals surface area contributed by atoms with Gasteiger partial charge in [-0.2, -0.15) is 9.97 Å². The molecule has 2 bridgehead atoms. The maximum atomic E-state index is 10.7. The molecule has 3 aromatic rings. The third kappa shape index (κ3) is 4.31. The van der Waals surface area contributed by atoms with Gasteiger partial charge in [-0.3, -0.25) is 4.90 Å². The van der Waals surface area contributed by atoms with Gasteiger partial charge in [0.15, 0.2) is 0 Å². The molecule has 8 nitrogen and oxygen atoms in total. The molecule has 2 N–H and O–H groups in total. The Kier molecular flexibility index (Phi) is 6.10. The number of piperazine rings is 1. The molecule has 5 aliphatic heterocycles. The molecule has 2 unspecified atom stereocenters. The van der Waals surface area contributed by atoms with Crippen molar-refractivity contribution in [2.45, 2.75) is 94.9 Å². The van der Waals surface area contributed by atoms with Crippen LogP contribution >= 0.6 is 0 Å². The lowest BCUT2D eigenvalue weighted by Gasteiger charge is -2.38.